The minimum atomic E-state index is -0.164. The van der Waals surface area contributed by atoms with E-state index >= 15 is 0 Å². The number of nitrogens with zero attached hydrogens (tertiary/aromatic N) is 2. The van der Waals surface area contributed by atoms with Gasteiger partial charge in [-0.2, -0.15) is 10.2 Å². The zero-order chi connectivity index (χ0) is 20.6. The highest BCUT2D eigenvalue weighted by Crippen LogP contribution is 2.21. The number of rotatable bonds is 14. The second-order valence-corrected chi connectivity index (χ2v) is 7.44. The Morgan fingerprint density at radius 3 is 1.79 bits per heavy atom. The van der Waals surface area contributed by atoms with Crippen molar-refractivity contribution in [2.75, 3.05) is 0 Å². The minimum Gasteiger partial charge on any atom is -0.427 e. The molecule has 0 unspecified atom stereocenters. The molecule has 4 nitrogen and oxygen atoms in total. The number of carbonyl (C=O) groups is 1. The fourth-order valence-electron chi connectivity index (χ4n) is 3.13. The molecule has 0 aliphatic rings. The van der Waals surface area contributed by atoms with Crippen molar-refractivity contribution in [3.05, 3.63) is 54.6 Å². The number of esters is 1. The van der Waals surface area contributed by atoms with Gasteiger partial charge in [-0.05, 0) is 42.8 Å². The lowest BCUT2D eigenvalue weighted by Gasteiger charge is -2.05. The molecule has 0 aliphatic carbocycles. The summed E-state index contributed by atoms with van der Waals surface area (Å²) in [6.07, 6.45) is 13.0. The van der Waals surface area contributed by atoms with Crippen molar-refractivity contribution in [1.82, 2.24) is 0 Å². The summed E-state index contributed by atoms with van der Waals surface area (Å²) >= 11 is 0. The molecule has 4 heteroatoms. The van der Waals surface area contributed by atoms with Crippen LogP contribution in [-0.4, -0.2) is 5.97 Å². The topological polar surface area (TPSA) is 51.0 Å². The summed E-state index contributed by atoms with van der Waals surface area (Å²) in [5, 5.41) is 8.36. The SMILES string of the molecule is CCCCCCCCCCCCC(=O)Oc1ccc(/N=N\c2ccccc2)cc1. The predicted octanol–water partition coefficient (Wildman–Crippen LogP) is 8.32. The Bertz CT molecular complexity index is 711. The van der Waals surface area contributed by atoms with E-state index in [-0.39, 0.29) is 5.97 Å². The molecule has 29 heavy (non-hydrogen) atoms. The van der Waals surface area contributed by atoms with Crippen molar-refractivity contribution in [2.24, 2.45) is 10.2 Å². The maximum Gasteiger partial charge on any atom is 0.311 e. The first-order valence-electron chi connectivity index (χ1n) is 11.1. The van der Waals surface area contributed by atoms with Gasteiger partial charge < -0.3 is 4.74 Å². The molecule has 0 aromatic heterocycles. The molecule has 0 N–H and O–H groups in total. The van der Waals surface area contributed by atoms with Crippen LogP contribution >= 0.6 is 0 Å². The zero-order valence-corrected chi connectivity index (χ0v) is 17.7. The highest BCUT2D eigenvalue weighted by molar-refractivity contribution is 5.72. The number of hydrogen-bond donors (Lipinski definition) is 0. The summed E-state index contributed by atoms with van der Waals surface area (Å²) in [5.41, 5.74) is 1.53. The molecule has 0 saturated carbocycles. The normalized spacial score (nSPS) is 11.1. The van der Waals surface area contributed by atoms with Crippen LogP contribution in [0.2, 0.25) is 0 Å². The van der Waals surface area contributed by atoms with Crippen molar-refractivity contribution < 1.29 is 9.53 Å². The number of benzene rings is 2. The van der Waals surface area contributed by atoms with E-state index in [0.717, 1.165) is 24.2 Å². The van der Waals surface area contributed by atoms with Crippen molar-refractivity contribution in [2.45, 2.75) is 77.6 Å². The van der Waals surface area contributed by atoms with Gasteiger partial charge in [0.05, 0.1) is 11.4 Å². The molecular weight excluding hydrogens is 360 g/mol. The summed E-state index contributed by atoms with van der Waals surface area (Å²) < 4.78 is 5.40. The second kappa shape index (κ2) is 14.5. The van der Waals surface area contributed by atoms with Gasteiger partial charge in [-0.25, -0.2) is 0 Å². The van der Waals surface area contributed by atoms with Crippen molar-refractivity contribution in [3.8, 4) is 5.75 Å². The molecule has 2 rings (SSSR count). The van der Waals surface area contributed by atoms with E-state index in [9.17, 15) is 4.79 Å². The molecule has 2 aromatic rings. The number of hydrogen-bond acceptors (Lipinski definition) is 4. The number of azo groups is 1. The first-order valence-corrected chi connectivity index (χ1v) is 11.1. The third-order valence-electron chi connectivity index (χ3n) is 4.84. The first kappa shape index (κ1) is 22.8. The molecule has 0 bridgehead atoms. The van der Waals surface area contributed by atoms with E-state index < -0.39 is 0 Å². The quantitative estimate of drug-likeness (QED) is 0.140. The zero-order valence-electron chi connectivity index (χ0n) is 17.7. The number of unbranched alkanes of at least 4 members (excludes halogenated alkanes) is 9. The number of carbonyl (C=O) groups excluding carboxylic acids is 1. The molecule has 0 aliphatic heterocycles. The monoisotopic (exact) mass is 394 g/mol. The average Bonchev–Trinajstić information content (AvgIpc) is 2.75. The third kappa shape index (κ3) is 10.6. The molecule has 0 atom stereocenters. The van der Waals surface area contributed by atoms with Crippen LogP contribution in [0.4, 0.5) is 11.4 Å². The van der Waals surface area contributed by atoms with Crippen LogP contribution in [0.25, 0.3) is 0 Å². The lowest BCUT2D eigenvalue weighted by molar-refractivity contribution is -0.134. The molecule has 0 amide bonds. The first-order chi connectivity index (χ1) is 14.3. The molecule has 0 heterocycles. The van der Waals surface area contributed by atoms with Crippen LogP contribution in [0.3, 0.4) is 0 Å². The summed E-state index contributed by atoms with van der Waals surface area (Å²) in [6, 6.07) is 16.7. The molecule has 0 saturated heterocycles. The lowest BCUT2D eigenvalue weighted by Crippen LogP contribution is -2.07. The minimum absolute atomic E-state index is 0.164. The van der Waals surface area contributed by atoms with E-state index in [0.29, 0.717) is 12.2 Å². The van der Waals surface area contributed by atoms with Crippen molar-refractivity contribution in [1.29, 1.82) is 0 Å². The maximum absolute atomic E-state index is 12.0. The van der Waals surface area contributed by atoms with Crippen LogP contribution in [0.5, 0.6) is 5.75 Å². The van der Waals surface area contributed by atoms with Gasteiger partial charge in [-0.3, -0.25) is 4.79 Å². The fraction of sp³-hybridized carbons (Fsp3) is 0.480. The van der Waals surface area contributed by atoms with Gasteiger partial charge in [0.15, 0.2) is 0 Å². The van der Waals surface area contributed by atoms with Gasteiger partial charge >= 0.3 is 5.97 Å². The van der Waals surface area contributed by atoms with E-state index in [1.165, 1.54) is 51.4 Å². The fourth-order valence-corrected chi connectivity index (χ4v) is 3.13. The van der Waals surface area contributed by atoms with Gasteiger partial charge in [0.1, 0.15) is 5.75 Å². The number of ether oxygens (including phenoxy) is 1. The van der Waals surface area contributed by atoms with Crippen LogP contribution in [0.15, 0.2) is 64.8 Å². The van der Waals surface area contributed by atoms with Gasteiger partial charge in [-0.1, -0.05) is 82.9 Å². The Morgan fingerprint density at radius 2 is 1.21 bits per heavy atom. The van der Waals surface area contributed by atoms with Crippen LogP contribution < -0.4 is 4.74 Å². The van der Waals surface area contributed by atoms with E-state index in [1.807, 2.05) is 30.3 Å². The Balaban J connectivity index is 1.56. The summed E-state index contributed by atoms with van der Waals surface area (Å²) in [5.74, 6) is 0.393. The average molecular weight is 395 g/mol. The summed E-state index contributed by atoms with van der Waals surface area (Å²) in [7, 11) is 0. The van der Waals surface area contributed by atoms with Gasteiger partial charge in [-0.15, -0.1) is 0 Å². The molecule has 0 radical (unpaired) electrons. The van der Waals surface area contributed by atoms with Gasteiger partial charge in [0.25, 0.3) is 0 Å². The largest absolute Gasteiger partial charge is 0.427 e. The van der Waals surface area contributed by atoms with Crippen molar-refractivity contribution >= 4 is 17.3 Å². The highest BCUT2D eigenvalue weighted by Gasteiger charge is 2.05. The van der Waals surface area contributed by atoms with Gasteiger partial charge in [0, 0.05) is 6.42 Å². The Kier molecular flexibility index (Phi) is 11.4. The molecule has 2 aromatic carbocycles. The van der Waals surface area contributed by atoms with E-state index in [2.05, 4.69) is 17.2 Å². The molecule has 0 fully saturated rings. The molecular formula is C25H34N2O2. The molecule has 0 spiro atoms. The smallest absolute Gasteiger partial charge is 0.311 e. The predicted molar refractivity (Wildman–Crippen MR) is 119 cm³/mol. The Morgan fingerprint density at radius 1 is 0.690 bits per heavy atom. The van der Waals surface area contributed by atoms with E-state index in [1.54, 1.807) is 24.3 Å². The van der Waals surface area contributed by atoms with Gasteiger partial charge in [0.2, 0.25) is 0 Å². The third-order valence-corrected chi connectivity index (χ3v) is 4.84. The standard InChI is InChI=1S/C25H34N2O2/c1-2-3-4-5-6-7-8-9-10-14-17-25(28)29-24-20-18-23(19-21-24)27-26-22-15-12-11-13-16-22/h11-13,15-16,18-21H,2-10,14,17H2,1H3/b27-26-. The second-order valence-electron chi connectivity index (χ2n) is 7.44. The Hall–Kier alpha value is -2.49. The van der Waals surface area contributed by atoms with Crippen LogP contribution in [0.1, 0.15) is 77.6 Å². The summed E-state index contributed by atoms with van der Waals surface area (Å²) in [4.78, 5) is 12.0. The molecule has 156 valence electrons. The van der Waals surface area contributed by atoms with E-state index in [4.69, 9.17) is 4.74 Å². The van der Waals surface area contributed by atoms with Crippen molar-refractivity contribution in [3.63, 3.8) is 0 Å². The summed E-state index contributed by atoms with van der Waals surface area (Å²) in [6.45, 7) is 2.25. The van der Waals surface area contributed by atoms with Crippen LogP contribution in [-0.2, 0) is 4.79 Å². The lowest BCUT2D eigenvalue weighted by atomic mass is 10.1. The Labute approximate surface area is 175 Å². The maximum atomic E-state index is 12.0. The van der Waals surface area contributed by atoms with Crippen LogP contribution in [0, 0.1) is 0 Å². The highest BCUT2D eigenvalue weighted by atomic mass is 16.5.